The molecule has 134 valence electrons. The second-order valence-corrected chi connectivity index (χ2v) is 6.21. The SMILES string of the molecule is COc1ccc(NC(=O)[C@H](C)Oc2ccc(C)c(C)c2)c2cccnc12. The molecule has 0 bridgehead atoms. The summed E-state index contributed by atoms with van der Waals surface area (Å²) in [5, 5.41) is 3.74. The number of fused-ring (bicyclic) bond motifs is 1. The van der Waals surface area contributed by atoms with E-state index in [-0.39, 0.29) is 5.91 Å². The Morgan fingerprint density at radius 3 is 2.65 bits per heavy atom. The Bertz CT molecular complexity index is 953. The van der Waals surface area contributed by atoms with Gasteiger partial charge in [0.15, 0.2) is 6.10 Å². The van der Waals surface area contributed by atoms with Gasteiger partial charge in [0.25, 0.3) is 5.91 Å². The minimum Gasteiger partial charge on any atom is -0.494 e. The Labute approximate surface area is 153 Å². The van der Waals surface area contributed by atoms with Crippen LogP contribution in [0.1, 0.15) is 18.1 Å². The third-order valence-corrected chi connectivity index (χ3v) is 4.37. The van der Waals surface area contributed by atoms with Gasteiger partial charge in [0.2, 0.25) is 0 Å². The molecule has 1 heterocycles. The maximum atomic E-state index is 12.6. The zero-order valence-electron chi connectivity index (χ0n) is 15.4. The van der Waals surface area contributed by atoms with Gasteiger partial charge in [-0.3, -0.25) is 9.78 Å². The molecule has 5 heteroatoms. The molecular formula is C21H22N2O3. The second-order valence-electron chi connectivity index (χ2n) is 6.21. The first-order valence-electron chi connectivity index (χ1n) is 8.46. The van der Waals surface area contributed by atoms with Crippen LogP contribution in [0.15, 0.2) is 48.7 Å². The molecule has 3 rings (SSSR count). The first kappa shape index (κ1) is 17.7. The zero-order chi connectivity index (χ0) is 18.7. The molecule has 0 radical (unpaired) electrons. The molecular weight excluding hydrogens is 328 g/mol. The molecule has 1 N–H and O–H groups in total. The van der Waals surface area contributed by atoms with E-state index in [9.17, 15) is 4.79 Å². The number of ether oxygens (including phenoxy) is 2. The van der Waals surface area contributed by atoms with E-state index in [0.717, 1.165) is 10.9 Å². The lowest BCUT2D eigenvalue weighted by molar-refractivity contribution is -0.122. The summed E-state index contributed by atoms with van der Waals surface area (Å²) in [6.45, 7) is 5.79. The zero-order valence-corrected chi connectivity index (χ0v) is 15.4. The molecule has 0 saturated heterocycles. The molecule has 1 atom stereocenters. The van der Waals surface area contributed by atoms with Gasteiger partial charge in [0, 0.05) is 11.6 Å². The van der Waals surface area contributed by atoms with Gasteiger partial charge in [-0.1, -0.05) is 6.07 Å². The topological polar surface area (TPSA) is 60.5 Å². The van der Waals surface area contributed by atoms with Gasteiger partial charge in [-0.05, 0) is 68.3 Å². The summed E-state index contributed by atoms with van der Waals surface area (Å²) >= 11 is 0. The van der Waals surface area contributed by atoms with E-state index in [1.54, 1.807) is 26.3 Å². The Morgan fingerprint density at radius 1 is 1.12 bits per heavy atom. The number of hydrogen-bond donors (Lipinski definition) is 1. The van der Waals surface area contributed by atoms with Crippen molar-refractivity contribution >= 4 is 22.5 Å². The third-order valence-electron chi connectivity index (χ3n) is 4.37. The van der Waals surface area contributed by atoms with E-state index in [1.807, 2.05) is 50.2 Å². The number of nitrogens with one attached hydrogen (secondary N) is 1. The van der Waals surface area contributed by atoms with Crippen LogP contribution in [0.5, 0.6) is 11.5 Å². The molecule has 0 fully saturated rings. The average molecular weight is 350 g/mol. The minimum atomic E-state index is -0.633. The number of anilines is 1. The quantitative estimate of drug-likeness (QED) is 0.747. The fourth-order valence-electron chi connectivity index (χ4n) is 2.70. The van der Waals surface area contributed by atoms with Crippen molar-refractivity contribution in [3.8, 4) is 11.5 Å². The second kappa shape index (κ2) is 7.44. The van der Waals surface area contributed by atoms with Crippen molar-refractivity contribution in [2.24, 2.45) is 0 Å². The monoisotopic (exact) mass is 350 g/mol. The van der Waals surface area contributed by atoms with Gasteiger partial charge in [0.1, 0.15) is 17.0 Å². The molecule has 0 aliphatic rings. The molecule has 1 aromatic heterocycles. The normalized spacial score (nSPS) is 11.8. The van der Waals surface area contributed by atoms with Crippen LogP contribution < -0.4 is 14.8 Å². The molecule has 5 nitrogen and oxygen atoms in total. The van der Waals surface area contributed by atoms with Gasteiger partial charge >= 0.3 is 0 Å². The Hall–Kier alpha value is -3.08. The molecule has 0 aliphatic heterocycles. The lowest BCUT2D eigenvalue weighted by Crippen LogP contribution is -2.30. The lowest BCUT2D eigenvalue weighted by atomic mass is 10.1. The number of methoxy groups -OCH3 is 1. The maximum absolute atomic E-state index is 12.6. The van der Waals surface area contributed by atoms with E-state index in [0.29, 0.717) is 22.7 Å². The summed E-state index contributed by atoms with van der Waals surface area (Å²) in [4.78, 5) is 16.9. The van der Waals surface area contributed by atoms with E-state index >= 15 is 0 Å². The minimum absolute atomic E-state index is 0.224. The van der Waals surface area contributed by atoms with Crippen LogP contribution in [0.25, 0.3) is 10.9 Å². The first-order valence-corrected chi connectivity index (χ1v) is 8.46. The average Bonchev–Trinajstić information content (AvgIpc) is 2.65. The van der Waals surface area contributed by atoms with E-state index < -0.39 is 6.10 Å². The largest absolute Gasteiger partial charge is 0.494 e. The summed E-state index contributed by atoms with van der Waals surface area (Å²) in [5.74, 6) is 1.12. The van der Waals surface area contributed by atoms with Crippen LogP contribution in [0.4, 0.5) is 5.69 Å². The van der Waals surface area contributed by atoms with Gasteiger partial charge in [0.05, 0.1) is 12.8 Å². The number of hydrogen-bond acceptors (Lipinski definition) is 4. The smallest absolute Gasteiger partial charge is 0.265 e. The number of amides is 1. The molecule has 0 unspecified atom stereocenters. The molecule has 1 amide bonds. The molecule has 0 aliphatic carbocycles. The Balaban J connectivity index is 1.79. The van der Waals surface area contributed by atoms with Crippen molar-refractivity contribution in [3.05, 3.63) is 59.8 Å². The Morgan fingerprint density at radius 2 is 1.92 bits per heavy atom. The number of rotatable bonds is 5. The third kappa shape index (κ3) is 3.61. The number of nitrogens with zero attached hydrogens (tertiary/aromatic N) is 1. The predicted octanol–water partition coefficient (Wildman–Crippen LogP) is 4.27. The highest BCUT2D eigenvalue weighted by atomic mass is 16.5. The van der Waals surface area contributed by atoms with Crippen LogP contribution in [0, 0.1) is 13.8 Å². The predicted molar refractivity (Wildman–Crippen MR) is 103 cm³/mol. The molecule has 2 aromatic carbocycles. The number of benzene rings is 2. The van der Waals surface area contributed by atoms with Gasteiger partial charge in [-0.25, -0.2) is 0 Å². The van der Waals surface area contributed by atoms with Crippen molar-refractivity contribution < 1.29 is 14.3 Å². The van der Waals surface area contributed by atoms with Crippen molar-refractivity contribution in [2.75, 3.05) is 12.4 Å². The molecule has 0 saturated carbocycles. The standard InChI is InChI=1S/C21H22N2O3/c1-13-7-8-16(12-14(13)2)26-15(3)21(24)23-18-9-10-19(25-4)20-17(18)6-5-11-22-20/h5-12,15H,1-4H3,(H,23,24)/t15-/m0/s1. The summed E-state index contributed by atoms with van der Waals surface area (Å²) < 4.78 is 11.1. The molecule has 0 spiro atoms. The van der Waals surface area contributed by atoms with Crippen LogP contribution in [-0.4, -0.2) is 24.1 Å². The number of aromatic nitrogens is 1. The number of carbonyl (C=O) groups excluding carboxylic acids is 1. The van der Waals surface area contributed by atoms with Crippen LogP contribution >= 0.6 is 0 Å². The molecule has 26 heavy (non-hydrogen) atoms. The fourth-order valence-corrected chi connectivity index (χ4v) is 2.70. The van der Waals surface area contributed by atoms with Gasteiger partial charge in [-0.2, -0.15) is 0 Å². The summed E-state index contributed by atoms with van der Waals surface area (Å²) in [6.07, 6.45) is 1.06. The highest BCUT2D eigenvalue weighted by molar-refractivity contribution is 6.04. The summed E-state index contributed by atoms with van der Waals surface area (Å²) in [7, 11) is 1.60. The van der Waals surface area contributed by atoms with Crippen molar-refractivity contribution in [1.29, 1.82) is 0 Å². The van der Waals surface area contributed by atoms with E-state index in [1.165, 1.54) is 5.56 Å². The van der Waals surface area contributed by atoms with Crippen LogP contribution in [0.2, 0.25) is 0 Å². The van der Waals surface area contributed by atoms with E-state index in [4.69, 9.17) is 9.47 Å². The van der Waals surface area contributed by atoms with E-state index in [2.05, 4.69) is 10.3 Å². The van der Waals surface area contributed by atoms with Crippen molar-refractivity contribution in [3.63, 3.8) is 0 Å². The number of pyridine rings is 1. The fraction of sp³-hybridized carbons (Fsp3) is 0.238. The summed E-state index contributed by atoms with van der Waals surface area (Å²) in [6, 6.07) is 13.1. The van der Waals surface area contributed by atoms with Crippen LogP contribution in [-0.2, 0) is 4.79 Å². The van der Waals surface area contributed by atoms with Gasteiger partial charge in [-0.15, -0.1) is 0 Å². The van der Waals surface area contributed by atoms with Crippen molar-refractivity contribution in [2.45, 2.75) is 26.9 Å². The van der Waals surface area contributed by atoms with Gasteiger partial charge < -0.3 is 14.8 Å². The highest BCUT2D eigenvalue weighted by Gasteiger charge is 2.17. The van der Waals surface area contributed by atoms with Crippen LogP contribution in [0.3, 0.4) is 0 Å². The first-order chi connectivity index (χ1) is 12.5. The lowest BCUT2D eigenvalue weighted by Gasteiger charge is -2.17. The van der Waals surface area contributed by atoms with Crippen molar-refractivity contribution in [1.82, 2.24) is 4.98 Å². The highest BCUT2D eigenvalue weighted by Crippen LogP contribution is 2.30. The maximum Gasteiger partial charge on any atom is 0.265 e. The molecule has 3 aromatic rings. The number of carbonyl (C=O) groups is 1. The Kier molecular flexibility index (Phi) is 5.07. The summed E-state index contributed by atoms with van der Waals surface area (Å²) in [5.41, 5.74) is 3.69. The number of aryl methyl sites for hydroxylation is 2.